The van der Waals surface area contributed by atoms with E-state index >= 15 is 0 Å². The molecule has 0 bridgehead atoms. The second-order valence-corrected chi connectivity index (χ2v) is 10.2. The molecule has 33 heavy (non-hydrogen) atoms. The van der Waals surface area contributed by atoms with Gasteiger partial charge in [0, 0.05) is 29.0 Å². The number of ketones is 1. The number of carbonyl (C=O) groups excluding carboxylic acids is 2. The summed E-state index contributed by atoms with van der Waals surface area (Å²) in [6.07, 6.45) is 6.20. The van der Waals surface area contributed by atoms with Gasteiger partial charge in [-0.1, -0.05) is 20.3 Å². The van der Waals surface area contributed by atoms with Gasteiger partial charge >= 0.3 is 5.97 Å². The number of hydrogen-bond acceptors (Lipinski definition) is 6. The summed E-state index contributed by atoms with van der Waals surface area (Å²) in [5.74, 6) is 0.395. The Bertz CT molecular complexity index is 1010. The molecule has 6 heteroatoms. The van der Waals surface area contributed by atoms with Crippen LogP contribution < -0.4 is 14.8 Å². The lowest BCUT2D eigenvalue weighted by atomic mass is 9.68. The van der Waals surface area contributed by atoms with Crippen molar-refractivity contribution in [3.8, 4) is 11.5 Å². The van der Waals surface area contributed by atoms with Crippen LogP contribution in [0.3, 0.4) is 0 Å². The number of ether oxygens (including phenoxy) is 3. The van der Waals surface area contributed by atoms with E-state index in [0.29, 0.717) is 29.1 Å². The molecule has 0 amide bonds. The Morgan fingerprint density at radius 3 is 2.45 bits per heavy atom. The van der Waals surface area contributed by atoms with Crippen molar-refractivity contribution >= 4 is 11.8 Å². The fourth-order valence-corrected chi connectivity index (χ4v) is 5.48. The molecule has 1 atom stereocenters. The van der Waals surface area contributed by atoms with Crippen LogP contribution in [0.15, 0.2) is 40.7 Å². The summed E-state index contributed by atoms with van der Waals surface area (Å²) in [4.78, 5) is 27.1. The predicted octanol–water partition coefficient (Wildman–Crippen LogP) is 5.18. The number of Topliss-reactive ketones (excluding diaryl/α,β-unsaturated/α-hetero) is 1. The summed E-state index contributed by atoms with van der Waals surface area (Å²) in [7, 11) is 3.20. The lowest BCUT2D eigenvalue weighted by molar-refractivity contribution is -0.146. The van der Waals surface area contributed by atoms with Crippen LogP contribution in [-0.4, -0.2) is 32.1 Å². The van der Waals surface area contributed by atoms with Gasteiger partial charge in [-0.15, -0.1) is 0 Å². The Labute approximate surface area is 196 Å². The fourth-order valence-electron chi connectivity index (χ4n) is 5.48. The van der Waals surface area contributed by atoms with Crippen LogP contribution in [0.5, 0.6) is 11.5 Å². The van der Waals surface area contributed by atoms with Gasteiger partial charge in [-0.05, 0) is 62.6 Å². The van der Waals surface area contributed by atoms with Gasteiger partial charge in [-0.25, -0.2) is 4.79 Å². The van der Waals surface area contributed by atoms with Crippen LogP contribution in [-0.2, 0) is 14.3 Å². The third-order valence-corrected chi connectivity index (χ3v) is 7.03. The van der Waals surface area contributed by atoms with Crippen molar-refractivity contribution in [2.45, 2.75) is 77.7 Å². The average molecular weight is 454 g/mol. The highest BCUT2D eigenvalue weighted by molar-refractivity contribution is 6.04. The number of esters is 1. The minimum Gasteiger partial charge on any atom is -0.497 e. The van der Waals surface area contributed by atoms with Crippen molar-refractivity contribution in [3.05, 3.63) is 46.3 Å². The Morgan fingerprint density at radius 1 is 1.06 bits per heavy atom. The Hall–Kier alpha value is -2.76. The molecular formula is C27H35NO5. The van der Waals surface area contributed by atoms with Crippen LogP contribution in [0.4, 0.5) is 0 Å². The van der Waals surface area contributed by atoms with E-state index < -0.39 is 5.92 Å². The summed E-state index contributed by atoms with van der Waals surface area (Å²) < 4.78 is 17.2. The lowest BCUT2D eigenvalue weighted by Crippen LogP contribution is -2.39. The fraction of sp³-hybridized carbons (Fsp3) is 0.556. The molecule has 6 nitrogen and oxygen atoms in total. The van der Waals surface area contributed by atoms with Crippen molar-refractivity contribution in [2.24, 2.45) is 5.41 Å². The predicted molar refractivity (Wildman–Crippen MR) is 126 cm³/mol. The van der Waals surface area contributed by atoms with E-state index in [1.54, 1.807) is 14.2 Å². The highest BCUT2D eigenvalue weighted by Gasteiger charge is 2.44. The van der Waals surface area contributed by atoms with E-state index in [9.17, 15) is 9.59 Å². The third-order valence-electron chi connectivity index (χ3n) is 7.03. The lowest BCUT2D eigenvalue weighted by Gasteiger charge is -2.40. The SMILES string of the molecule is COc1ccc(OC)c(C2C(C(=O)OC3CCCCC3)=C(C)NC3=C2C(=O)CC(C)(C)C3)c1. The van der Waals surface area contributed by atoms with Crippen molar-refractivity contribution in [1.29, 1.82) is 0 Å². The van der Waals surface area contributed by atoms with E-state index in [4.69, 9.17) is 14.2 Å². The smallest absolute Gasteiger partial charge is 0.337 e. The van der Waals surface area contributed by atoms with E-state index in [2.05, 4.69) is 19.2 Å². The quantitative estimate of drug-likeness (QED) is 0.619. The van der Waals surface area contributed by atoms with E-state index in [1.165, 1.54) is 6.42 Å². The molecule has 1 aliphatic heterocycles. The van der Waals surface area contributed by atoms with Crippen LogP contribution in [0, 0.1) is 5.41 Å². The number of benzene rings is 1. The van der Waals surface area contributed by atoms with Gasteiger partial charge in [-0.3, -0.25) is 4.79 Å². The van der Waals surface area contributed by atoms with Crippen LogP contribution in [0.1, 0.15) is 77.2 Å². The normalized spacial score (nSPS) is 23.1. The Kier molecular flexibility index (Phi) is 6.55. The van der Waals surface area contributed by atoms with Crippen LogP contribution >= 0.6 is 0 Å². The number of hydrogen-bond donors (Lipinski definition) is 1. The number of nitrogens with one attached hydrogen (secondary N) is 1. The molecule has 178 valence electrons. The molecule has 0 radical (unpaired) electrons. The number of allylic oxidation sites excluding steroid dienone is 3. The summed E-state index contributed by atoms with van der Waals surface area (Å²) in [5.41, 5.74) is 3.34. The van der Waals surface area contributed by atoms with Crippen molar-refractivity contribution in [2.75, 3.05) is 14.2 Å². The molecule has 1 unspecified atom stereocenters. The highest BCUT2D eigenvalue weighted by Crippen LogP contribution is 2.49. The first-order valence-corrected chi connectivity index (χ1v) is 11.9. The van der Waals surface area contributed by atoms with E-state index in [-0.39, 0.29) is 23.3 Å². The van der Waals surface area contributed by atoms with Gasteiger partial charge in [0.2, 0.25) is 0 Å². The van der Waals surface area contributed by atoms with E-state index in [0.717, 1.165) is 49.1 Å². The zero-order valence-electron chi connectivity index (χ0n) is 20.4. The van der Waals surface area contributed by atoms with Crippen molar-refractivity contribution in [3.63, 3.8) is 0 Å². The molecule has 1 aromatic rings. The molecule has 0 spiro atoms. The summed E-state index contributed by atoms with van der Waals surface area (Å²) in [6.45, 7) is 6.10. The summed E-state index contributed by atoms with van der Waals surface area (Å²) in [6, 6.07) is 5.52. The molecule has 1 N–H and O–H groups in total. The first-order valence-electron chi connectivity index (χ1n) is 11.9. The van der Waals surface area contributed by atoms with Crippen molar-refractivity contribution < 1.29 is 23.8 Å². The Balaban J connectivity index is 1.83. The summed E-state index contributed by atoms with van der Waals surface area (Å²) in [5, 5.41) is 3.40. The molecule has 3 aliphatic rings. The van der Waals surface area contributed by atoms with E-state index in [1.807, 2.05) is 25.1 Å². The molecule has 1 fully saturated rings. The molecule has 2 aliphatic carbocycles. The molecule has 0 aromatic heterocycles. The van der Waals surface area contributed by atoms with Gasteiger partial charge in [0.25, 0.3) is 0 Å². The minimum atomic E-state index is -0.564. The number of rotatable bonds is 5. The monoisotopic (exact) mass is 453 g/mol. The Morgan fingerprint density at radius 2 is 1.79 bits per heavy atom. The van der Waals surface area contributed by atoms with Crippen molar-refractivity contribution in [1.82, 2.24) is 5.32 Å². The van der Waals surface area contributed by atoms with Gasteiger partial charge in [0.15, 0.2) is 5.78 Å². The minimum absolute atomic E-state index is 0.0547. The zero-order chi connectivity index (χ0) is 23.8. The number of methoxy groups -OCH3 is 2. The second kappa shape index (κ2) is 9.24. The first-order chi connectivity index (χ1) is 15.7. The average Bonchev–Trinajstić information content (AvgIpc) is 2.77. The largest absolute Gasteiger partial charge is 0.497 e. The van der Waals surface area contributed by atoms with Crippen LogP contribution in [0.2, 0.25) is 0 Å². The maximum absolute atomic E-state index is 13.6. The summed E-state index contributed by atoms with van der Waals surface area (Å²) >= 11 is 0. The topological polar surface area (TPSA) is 73.9 Å². The van der Waals surface area contributed by atoms with Gasteiger partial charge in [0.05, 0.1) is 25.7 Å². The molecule has 1 saturated carbocycles. The molecule has 1 heterocycles. The van der Waals surface area contributed by atoms with Gasteiger partial charge in [-0.2, -0.15) is 0 Å². The van der Waals surface area contributed by atoms with Crippen LogP contribution in [0.25, 0.3) is 0 Å². The molecule has 1 aromatic carbocycles. The molecule has 4 rings (SSSR count). The van der Waals surface area contributed by atoms with Gasteiger partial charge in [0.1, 0.15) is 17.6 Å². The standard InChI is InChI=1S/C27H35NO5/c1-16-23(26(30)33-17-9-7-6-8-10-17)24(19-13-18(31-4)11-12-22(19)32-5)25-20(28-16)14-27(2,3)15-21(25)29/h11-13,17,24,28H,6-10,14-15H2,1-5H3. The number of carbonyl (C=O) groups is 2. The number of dihydropyridines is 1. The molecule has 0 saturated heterocycles. The highest BCUT2D eigenvalue weighted by atomic mass is 16.5. The first kappa shape index (κ1) is 23.4. The maximum atomic E-state index is 13.6. The third kappa shape index (κ3) is 4.66. The maximum Gasteiger partial charge on any atom is 0.337 e. The molecular weight excluding hydrogens is 418 g/mol. The second-order valence-electron chi connectivity index (χ2n) is 10.2. The zero-order valence-corrected chi connectivity index (χ0v) is 20.4. The van der Waals surface area contributed by atoms with Gasteiger partial charge < -0.3 is 19.5 Å².